The predicted octanol–water partition coefficient (Wildman–Crippen LogP) is 1.20. The molecule has 1 unspecified atom stereocenters. The first-order valence-electron chi connectivity index (χ1n) is 7.15. The lowest BCUT2D eigenvalue weighted by Crippen LogP contribution is -2.43. The zero-order valence-corrected chi connectivity index (χ0v) is 13.7. The normalized spacial score (nSPS) is 14.0. The molecule has 0 fully saturated rings. The van der Waals surface area contributed by atoms with Crippen molar-refractivity contribution in [3.63, 3.8) is 0 Å². The number of rotatable bonds is 8. The highest BCUT2D eigenvalue weighted by Gasteiger charge is 2.09. The van der Waals surface area contributed by atoms with E-state index in [1.807, 2.05) is 26.0 Å². The van der Waals surface area contributed by atoms with Gasteiger partial charge in [-0.2, -0.15) is 0 Å². The van der Waals surface area contributed by atoms with Crippen LogP contribution >= 0.6 is 0 Å². The molecule has 0 saturated heterocycles. The van der Waals surface area contributed by atoms with Crippen LogP contribution in [0.15, 0.2) is 27.8 Å². The topological polar surface area (TPSA) is 83.7 Å². The van der Waals surface area contributed by atoms with Crippen molar-refractivity contribution in [3.05, 3.63) is 24.2 Å². The molecule has 0 aliphatic carbocycles. The second-order valence-corrected chi connectivity index (χ2v) is 7.31. The second kappa shape index (κ2) is 8.71. The van der Waals surface area contributed by atoms with Crippen molar-refractivity contribution >= 4 is 15.8 Å². The molecule has 120 valence electrons. The Hall–Kier alpha value is -1.50. The van der Waals surface area contributed by atoms with Gasteiger partial charge in [0.05, 0.1) is 12.0 Å². The van der Waals surface area contributed by atoms with Gasteiger partial charge in [0.25, 0.3) is 0 Å². The fourth-order valence-corrected chi connectivity index (χ4v) is 2.53. The monoisotopic (exact) mass is 315 g/mol. The minimum absolute atomic E-state index is 0.0427. The molecule has 0 aromatic carbocycles. The van der Waals surface area contributed by atoms with Crippen LogP contribution in [0.2, 0.25) is 0 Å². The van der Waals surface area contributed by atoms with Crippen molar-refractivity contribution in [2.75, 3.05) is 25.1 Å². The third-order valence-corrected chi connectivity index (χ3v) is 3.83. The van der Waals surface area contributed by atoms with Crippen LogP contribution in [0.5, 0.6) is 0 Å². The van der Waals surface area contributed by atoms with Crippen LogP contribution in [0.3, 0.4) is 0 Å². The van der Waals surface area contributed by atoms with Gasteiger partial charge >= 0.3 is 0 Å². The van der Waals surface area contributed by atoms with E-state index in [4.69, 9.17) is 4.42 Å². The molecule has 0 aliphatic rings. The van der Waals surface area contributed by atoms with E-state index >= 15 is 0 Å². The van der Waals surface area contributed by atoms with Crippen LogP contribution in [0.4, 0.5) is 0 Å². The third kappa shape index (κ3) is 8.39. The van der Waals surface area contributed by atoms with Gasteiger partial charge in [-0.3, -0.25) is 4.99 Å². The van der Waals surface area contributed by atoms with E-state index in [0.29, 0.717) is 18.9 Å². The molecular formula is C14H25N3O3S. The number of hydrogen-bond acceptors (Lipinski definition) is 4. The number of nitrogens with one attached hydrogen (secondary N) is 2. The molecule has 1 aromatic rings. The summed E-state index contributed by atoms with van der Waals surface area (Å²) in [6, 6.07) is 3.82. The largest absolute Gasteiger partial charge is 0.469 e. The molecule has 21 heavy (non-hydrogen) atoms. The molecular weight excluding hydrogens is 290 g/mol. The molecule has 0 spiro atoms. The SMILES string of the molecule is CCNC(=NCCc1ccco1)NC(C)CCS(C)(=O)=O. The summed E-state index contributed by atoms with van der Waals surface area (Å²) in [7, 11) is -2.93. The van der Waals surface area contributed by atoms with Gasteiger partial charge in [-0.1, -0.05) is 0 Å². The maximum Gasteiger partial charge on any atom is 0.191 e. The van der Waals surface area contributed by atoms with E-state index in [2.05, 4.69) is 15.6 Å². The lowest BCUT2D eigenvalue weighted by molar-refractivity contribution is 0.510. The third-order valence-electron chi connectivity index (χ3n) is 2.86. The van der Waals surface area contributed by atoms with Crippen molar-refractivity contribution in [2.24, 2.45) is 4.99 Å². The van der Waals surface area contributed by atoms with Crippen molar-refractivity contribution in [1.82, 2.24) is 10.6 Å². The molecule has 0 saturated carbocycles. The Morgan fingerprint density at radius 2 is 2.24 bits per heavy atom. The molecule has 1 aromatic heterocycles. The zero-order chi connectivity index (χ0) is 15.7. The van der Waals surface area contributed by atoms with Gasteiger partial charge in [0.15, 0.2) is 5.96 Å². The van der Waals surface area contributed by atoms with Crippen molar-refractivity contribution in [2.45, 2.75) is 32.7 Å². The van der Waals surface area contributed by atoms with Crippen LogP contribution < -0.4 is 10.6 Å². The Kier molecular flexibility index (Phi) is 7.28. The molecule has 0 aliphatic heterocycles. The van der Waals surface area contributed by atoms with Gasteiger partial charge in [-0.05, 0) is 32.4 Å². The Bertz CT molecular complexity index is 524. The van der Waals surface area contributed by atoms with E-state index in [-0.39, 0.29) is 11.8 Å². The number of guanidine groups is 1. The first kappa shape index (κ1) is 17.6. The van der Waals surface area contributed by atoms with Crippen molar-refractivity contribution < 1.29 is 12.8 Å². The highest BCUT2D eigenvalue weighted by molar-refractivity contribution is 7.90. The summed E-state index contributed by atoms with van der Waals surface area (Å²) in [6.07, 6.45) is 4.20. The Morgan fingerprint density at radius 3 is 2.81 bits per heavy atom. The molecule has 7 heteroatoms. The molecule has 0 amide bonds. The maximum absolute atomic E-state index is 11.2. The van der Waals surface area contributed by atoms with Crippen LogP contribution in [0.25, 0.3) is 0 Å². The van der Waals surface area contributed by atoms with E-state index < -0.39 is 9.84 Å². The van der Waals surface area contributed by atoms with Crippen LogP contribution in [0, 0.1) is 0 Å². The minimum Gasteiger partial charge on any atom is -0.469 e. The molecule has 0 radical (unpaired) electrons. The first-order chi connectivity index (χ1) is 9.90. The highest BCUT2D eigenvalue weighted by atomic mass is 32.2. The fraction of sp³-hybridized carbons (Fsp3) is 0.643. The van der Waals surface area contributed by atoms with Crippen molar-refractivity contribution in [1.29, 1.82) is 0 Å². The van der Waals surface area contributed by atoms with Gasteiger partial charge in [-0.15, -0.1) is 0 Å². The number of sulfone groups is 1. The maximum atomic E-state index is 11.2. The summed E-state index contributed by atoms with van der Waals surface area (Å²) < 4.78 is 27.6. The lowest BCUT2D eigenvalue weighted by atomic mass is 10.3. The van der Waals surface area contributed by atoms with Crippen LogP contribution in [0.1, 0.15) is 26.0 Å². The van der Waals surface area contributed by atoms with Crippen LogP contribution in [-0.4, -0.2) is 45.5 Å². The summed E-state index contributed by atoms with van der Waals surface area (Å²) >= 11 is 0. The lowest BCUT2D eigenvalue weighted by Gasteiger charge is -2.17. The molecule has 1 rings (SSSR count). The number of nitrogens with zero attached hydrogens (tertiary/aromatic N) is 1. The van der Waals surface area contributed by atoms with E-state index in [1.54, 1.807) is 6.26 Å². The first-order valence-corrected chi connectivity index (χ1v) is 9.21. The summed E-state index contributed by atoms with van der Waals surface area (Å²) in [5.41, 5.74) is 0. The Morgan fingerprint density at radius 1 is 1.48 bits per heavy atom. The van der Waals surface area contributed by atoms with Crippen molar-refractivity contribution in [3.8, 4) is 0 Å². The summed E-state index contributed by atoms with van der Waals surface area (Å²) in [5.74, 6) is 1.78. The van der Waals surface area contributed by atoms with Crippen LogP contribution in [-0.2, 0) is 16.3 Å². The fourth-order valence-electron chi connectivity index (χ4n) is 1.75. The molecule has 0 bridgehead atoms. The van der Waals surface area contributed by atoms with Gasteiger partial charge in [0.2, 0.25) is 0 Å². The average Bonchev–Trinajstić information content (AvgIpc) is 2.89. The number of hydrogen-bond donors (Lipinski definition) is 2. The van der Waals surface area contributed by atoms with Gasteiger partial charge in [-0.25, -0.2) is 8.42 Å². The molecule has 1 atom stereocenters. The number of aliphatic imine (C=N–C) groups is 1. The quantitative estimate of drug-likeness (QED) is 0.556. The molecule has 1 heterocycles. The zero-order valence-electron chi connectivity index (χ0n) is 12.9. The smallest absolute Gasteiger partial charge is 0.191 e. The Labute approximate surface area is 126 Å². The number of furan rings is 1. The minimum atomic E-state index is -2.93. The summed E-state index contributed by atoms with van der Waals surface area (Å²) in [4.78, 5) is 4.46. The molecule has 2 N–H and O–H groups in total. The van der Waals surface area contributed by atoms with Gasteiger partial charge in [0, 0.05) is 31.8 Å². The van der Waals surface area contributed by atoms with E-state index in [0.717, 1.165) is 18.7 Å². The predicted molar refractivity (Wildman–Crippen MR) is 85.3 cm³/mol. The Balaban J connectivity index is 2.43. The molecule has 6 nitrogen and oxygen atoms in total. The van der Waals surface area contributed by atoms with Gasteiger partial charge in [0.1, 0.15) is 15.6 Å². The standard InChI is InChI=1S/C14H25N3O3S/c1-4-15-14(16-9-7-13-6-5-10-20-13)17-12(2)8-11-21(3,18)19/h5-6,10,12H,4,7-9,11H2,1-3H3,(H2,15,16,17). The van der Waals surface area contributed by atoms with E-state index in [1.165, 1.54) is 6.26 Å². The summed E-state index contributed by atoms with van der Waals surface area (Å²) in [6.45, 7) is 5.31. The van der Waals surface area contributed by atoms with Gasteiger partial charge < -0.3 is 15.1 Å². The average molecular weight is 315 g/mol. The summed E-state index contributed by atoms with van der Waals surface area (Å²) in [5, 5.41) is 6.36. The highest BCUT2D eigenvalue weighted by Crippen LogP contribution is 2.01. The van der Waals surface area contributed by atoms with E-state index in [9.17, 15) is 8.42 Å². The second-order valence-electron chi connectivity index (χ2n) is 5.05.